The molecule has 0 aliphatic heterocycles. The van der Waals surface area contributed by atoms with Crippen molar-refractivity contribution in [3.63, 3.8) is 0 Å². The first-order chi connectivity index (χ1) is 14.2. The van der Waals surface area contributed by atoms with E-state index in [0.717, 1.165) is 17.1 Å². The van der Waals surface area contributed by atoms with Crippen LogP contribution in [0.5, 0.6) is 0 Å². The zero-order chi connectivity index (χ0) is 20.1. The summed E-state index contributed by atoms with van der Waals surface area (Å²) >= 11 is 0. The lowest BCUT2D eigenvalue weighted by Crippen LogP contribution is -2.09. The Morgan fingerprint density at radius 3 is 1.69 bits per heavy atom. The van der Waals surface area contributed by atoms with Crippen LogP contribution in [0, 0.1) is 13.8 Å². The van der Waals surface area contributed by atoms with E-state index in [0.29, 0.717) is 0 Å². The van der Waals surface area contributed by atoms with E-state index < -0.39 is 0 Å². The van der Waals surface area contributed by atoms with E-state index >= 15 is 0 Å². The SMILES string of the molecule is Cc1ccc(C)c(C=Cc2ccc(N(c3ccccc3)c3ccccc3)cc2)c1. The second-order valence-electron chi connectivity index (χ2n) is 7.29. The van der Waals surface area contributed by atoms with Gasteiger partial charge >= 0.3 is 0 Å². The van der Waals surface area contributed by atoms with Crippen molar-refractivity contribution in [1.82, 2.24) is 0 Å². The molecular weight excluding hydrogens is 350 g/mol. The van der Waals surface area contributed by atoms with Gasteiger partial charge < -0.3 is 4.90 Å². The van der Waals surface area contributed by atoms with E-state index in [1.807, 2.05) is 12.1 Å². The maximum Gasteiger partial charge on any atom is 0.0462 e. The number of para-hydroxylation sites is 2. The van der Waals surface area contributed by atoms with Crippen LogP contribution in [0.3, 0.4) is 0 Å². The zero-order valence-corrected chi connectivity index (χ0v) is 16.9. The van der Waals surface area contributed by atoms with E-state index in [-0.39, 0.29) is 0 Å². The molecule has 0 saturated carbocycles. The lowest BCUT2D eigenvalue weighted by atomic mass is 10.0. The molecule has 1 heteroatoms. The zero-order valence-electron chi connectivity index (χ0n) is 16.9. The van der Waals surface area contributed by atoms with Crippen molar-refractivity contribution in [3.8, 4) is 0 Å². The lowest BCUT2D eigenvalue weighted by Gasteiger charge is -2.25. The molecule has 0 heterocycles. The van der Waals surface area contributed by atoms with Crippen LogP contribution in [0.2, 0.25) is 0 Å². The van der Waals surface area contributed by atoms with Crippen LogP contribution in [0.4, 0.5) is 17.1 Å². The second kappa shape index (κ2) is 8.62. The maximum absolute atomic E-state index is 2.28. The summed E-state index contributed by atoms with van der Waals surface area (Å²) in [5.74, 6) is 0. The number of anilines is 3. The smallest absolute Gasteiger partial charge is 0.0462 e. The molecule has 0 spiro atoms. The minimum Gasteiger partial charge on any atom is -0.311 e. The summed E-state index contributed by atoms with van der Waals surface area (Å²) in [6.07, 6.45) is 4.38. The van der Waals surface area contributed by atoms with Crippen molar-refractivity contribution in [2.24, 2.45) is 0 Å². The fraction of sp³-hybridized carbons (Fsp3) is 0.0714. The molecule has 0 unspecified atom stereocenters. The third kappa shape index (κ3) is 4.47. The summed E-state index contributed by atoms with van der Waals surface area (Å²) in [7, 11) is 0. The van der Waals surface area contributed by atoms with Gasteiger partial charge in [0.2, 0.25) is 0 Å². The van der Waals surface area contributed by atoms with Crippen LogP contribution in [-0.4, -0.2) is 0 Å². The summed E-state index contributed by atoms with van der Waals surface area (Å²) in [6.45, 7) is 4.28. The molecule has 29 heavy (non-hydrogen) atoms. The highest BCUT2D eigenvalue weighted by molar-refractivity contribution is 5.78. The Morgan fingerprint density at radius 1 is 0.552 bits per heavy atom. The quantitative estimate of drug-likeness (QED) is 0.320. The molecule has 0 fully saturated rings. The molecule has 0 amide bonds. The highest BCUT2D eigenvalue weighted by Crippen LogP contribution is 2.34. The molecule has 4 rings (SSSR count). The van der Waals surface area contributed by atoms with Gasteiger partial charge in [0, 0.05) is 17.1 Å². The third-order valence-corrected chi connectivity index (χ3v) is 5.07. The highest BCUT2D eigenvalue weighted by Gasteiger charge is 2.11. The summed E-state index contributed by atoms with van der Waals surface area (Å²) in [5.41, 5.74) is 8.48. The maximum atomic E-state index is 2.28. The van der Waals surface area contributed by atoms with E-state index in [9.17, 15) is 0 Å². The molecule has 4 aromatic rings. The van der Waals surface area contributed by atoms with Gasteiger partial charge in [0.05, 0.1) is 0 Å². The van der Waals surface area contributed by atoms with Crippen LogP contribution in [0.15, 0.2) is 103 Å². The largest absolute Gasteiger partial charge is 0.311 e. The van der Waals surface area contributed by atoms with Crippen LogP contribution >= 0.6 is 0 Å². The fourth-order valence-electron chi connectivity index (χ4n) is 3.46. The summed E-state index contributed by atoms with van der Waals surface area (Å²) in [5, 5.41) is 0. The number of nitrogens with zero attached hydrogens (tertiary/aromatic N) is 1. The first-order valence-corrected chi connectivity index (χ1v) is 9.96. The Morgan fingerprint density at radius 2 is 1.10 bits per heavy atom. The predicted molar refractivity (Wildman–Crippen MR) is 126 cm³/mol. The van der Waals surface area contributed by atoms with Gasteiger partial charge in [-0.25, -0.2) is 0 Å². The number of rotatable bonds is 5. The van der Waals surface area contributed by atoms with E-state index in [4.69, 9.17) is 0 Å². The lowest BCUT2D eigenvalue weighted by molar-refractivity contribution is 1.28. The van der Waals surface area contributed by atoms with Gasteiger partial charge in [-0.05, 0) is 66.9 Å². The molecule has 0 aromatic heterocycles. The van der Waals surface area contributed by atoms with Crippen molar-refractivity contribution < 1.29 is 0 Å². The topological polar surface area (TPSA) is 3.24 Å². The Bertz CT molecular complexity index is 1050. The monoisotopic (exact) mass is 375 g/mol. The molecule has 0 atom stereocenters. The molecule has 142 valence electrons. The van der Waals surface area contributed by atoms with Gasteiger partial charge in [0.15, 0.2) is 0 Å². The molecule has 0 saturated heterocycles. The van der Waals surface area contributed by atoms with E-state index in [1.54, 1.807) is 0 Å². The first kappa shape index (κ1) is 18.8. The highest BCUT2D eigenvalue weighted by atomic mass is 15.1. The van der Waals surface area contributed by atoms with Gasteiger partial charge in [-0.3, -0.25) is 0 Å². The average Bonchev–Trinajstić information content (AvgIpc) is 2.77. The molecule has 0 N–H and O–H groups in total. The van der Waals surface area contributed by atoms with Crippen LogP contribution < -0.4 is 4.90 Å². The minimum atomic E-state index is 1.14. The van der Waals surface area contributed by atoms with Gasteiger partial charge in [-0.2, -0.15) is 0 Å². The molecule has 0 aliphatic carbocycles. The minimum absolute atomic E-state index is 1.14. The van der Waals surface area contributed by atoms with Gasteiger partial charge in [0.25, 0.3) is 0 Å². The predicted octanol–water partition coefficient (Wildman–Crippen LogP) is 7.94. The summed E-state index contributed by atoms with van der Waals surface area (Å²) in [4.78, 5) is 2.28. The molecule has 1 nitrogen and oxygen atoms in total. The van der Waals surface area contributed by atoms with Crippen LogP contribution in [0.25, 0.3) is 12.2 Å². The van der Waals surface area contributed by atoms with Crippen molar-refractivity contribution in [1.29, 1.82) is 0 Å². The standard InChI is InChI=1S/C28H25N/c1-22-13-14-23(2)25(21-22)18-15-24-16-19-28(20-17-24)29(26-9-5-3-6-10-26)27-11-7-4-8-12-27/h3-21H,1-2H3. The molecule has 0 radical (unpaired) electrons. The van der Waals surface area contributed by atoms with Gasteiger partial charge in [-0.15, -0.1) is 0 Å². The van der Waals surface area contributed by atoms with Crippen LogP contribution in [0.1, 0.15) is 22.3 Å². The van der Waals surface area contributed by atoms with Crippen molar-refractivity contribution >= 4 is 29.2 Å². The Hall–Kier alpha value is -3.58. The molecular formula is C28H25N. The second-order valence-corrected chi connectivity index (χ2v) is 7.29. The normalized spacial score (nSPS) is 11.0. The van der Waals surface area contributed by atoms with Gasteiger partial charge in [0.1, 0.15) is 0 Å². The summed E-state index contributed by atoms with van der Waals surface area (Å²) in [6, 6.07) is 36.2. The number of hydrogen-bond acceptors (Lipinski definition) is 1. The van der Waals surface area contributed by atoms with Crippen LogP contribution in [-0.2, 0) is 0 Å². The Kier molecular flexibility index (Phi) is 5.58. The third-order valence-electron chi connectivity index (χ3n) is 5.07. The molecule has 0 aliphatic rings. The van der Waals surface area contributed by atoms with Crippen molar-refractivity contribution in [3.05, 3.63) is 125 Å². The first-order valence-electron chi connectivity index (χ1n) is 9.96. The molecule has 0 bridgehead atoms. The number of aryl methyl sites for hydroxylation is 2. The fourth-order valence-corrected chi connectivity index (χ4v) is 3.46. The Balaban J connectivity index is 1.64. The Labute approximate surface area is 173 Å². The van der Waals surface area contributed by atoms with Gasteiger partial charge in [-0.1, -0.05) is 84.4 Å². The van der Waals surface area contributed by atoms with E-state index in [1.165, 1.54) is 22.3 Å². The van der Waals surface area contributed by atoms with E-state index in [2.05, 4.69) is 122 Å². The summed E-state index contributed by atoms with van der Waals surface area (Å²) < 4.78 is 0. The number of hydrogen-bond donors (Lipinski definition) is 0. The average molecular weight is 376 g/mol. The van der Waals surface area contributed by atoms with Crippen molar-refractivity contribution in [2.45, 2.75) is 13.8 Å². The number of benzene rings is 4. The van der Waals surface area contributed by atoms with Crippen molar-refractivity contribution in [2.75, 3.05) is 4.90 Å². The molecule has 4 aromatic carbocycles.